The van der Waals surface area contributed by atoms with Crippen LogP contribution < -0.4 is 11.5 Å². The highest BCUT2D eigenvalue weighted by atomic mass is 14.7. The standard InChI is InChI=1S/C7H18N2/c1-6(4-5-8)7(2,3)9/h6H,4-5,8-9H2,1-3H3/t6-/m0/s1. The van der Waals surface area contributed by atoms with Crippen molar-refractivity contribution in [3.05, 3.63) is 0 Å². The van der Waals surface area contributed by atoms with Gasteiger partial charge in [0.25, 0.3) is 0 Å². The van der Waals surface area contributed by atoms with Crippen molar-refractivity contribution in [2.45, 2.75) is 32.7 Å². The average Bonchev–Trinajstić information content (AvgIpc) is 1.64. The lowest BCUT2D eigenvalue weighted by Gasteiger charge is -2.26. The lowest BCUT2D eigenvalue weighted by molar-refractivity contribution is 0.331. The molecule has 56 valence electrons. The third-order valence-corrected chi connectivity index (χ3v) is 1.87. The molecule has 0 aliphatic rings. The molecule has 0 unspecified atom stereocenters. The largest absolute Gasteiger partial charge is 0.330 e. The van der Waals surface area contributed by atoms with Gasteiger partial charge >= 0.3 is 0 Å². The number of nitrogens with two attached hydrogens (primary N) is 2. The van der Waals surface area contributed by atoms with Crippen LogP contribution in [-0.4, -0.2) is 12.1 Å². The quantitative estimate of drug-likeness (QED) is 0.591. The van der Waals surface area contributed by atoms with Gasteiger partial charge in [-0.15, -0.1) is 0 Å². The van der Waals surface area contributed by atoms with Crippen LogP contribution in [0.25, 0.3) is 0 Å². The number of rotatable bonds is 3. The highest BCUT2D eigenvalue weighted by Gasteiger charge is 2.18. The first-order valence-corrected chi connectivity index (χ1v) is 3.47. The van der Waals surface area contributed by atoms with Crippen LogP contribution in [0.15, 0.2) is 0 Å². The summed E-state index contributed by atoms with van der Waals surface area (Å²) in [6.07, 6.45) is 1.02. The highest BCUT2D eigenvalue weighted by molar-refractivity contribution is 4.78. The second-order valence-corrected chi connectivity index (χ2v) is 3.30. The van der Waals surface area contributed by atoms with E-state index in [0.29, 0.717) is 5.92 Å². The third kappa shape index (κ3) is 3.49. The Labute approximate surface area is 57.6 Å². The van der Waals surface area contributed by atoms with Gasteiger partial charge in [-0.3, -0.25) is 0 Å². The molecule has 4 N–H and O–H groups in total. The van der Waals surface area contributed by atoms with Crippen molar-refractivity contribution in [3.8, 4) is 0 Å². The molecular weight excluding hydrogens is 112 g/mol. The Hall–Kier alpha value is -0.0800. The summed E-state index contributed by atoms with van der Waals surface area (Å²) in [4.78, 5) is 0. The molecule has 0 amide bonds. The van der Waals surface area contributed by atoms with Crippen molar-refractivity contribution >= 4 is 0 Å². The fourth-order valence-corrected chi connectivity index (χ4v) is 0.622. The molecular formula is C7H18N2. The maximum absolute atomic E-state index is 5.81. The van der Waals surface area contributed by atoms with Gasteiger partial charge in [0.05, 0.1) is 0 Å². The molecule has 1 atom stereocenters. The van der Waals surface area contributed by atoms with Crippen LogP contribution in [0.4, 0.5) is 0 Å². The van der Waals surface area contributed by atoms with E-state index < -0.39 is 0 Å². The van der Waals surface area contributed by atoms with Gasteiger partial charge < -0.3 is 11.5 Å². The van der Waals surface area contributed by atoms with E-state index in [9.17, 15) is 0 Å². The SMILES string of the molecule is C[C@@H](CCN)C(C)(C)N. The van der Waals surface area contributed by atoms with E-state index in [0.717, 1.165) is 13.0 Å². The van der Waals surface area contributed by atoms with Crippen molar-refractivity contribution < 1.29 is 0 Å². The summed E-state index contributed by atoms with van der Waals surface area (Å²) in [5.41, 5.74) is 11.1. The molecule has 9 heavy (non-hydrogen) atoms. The summed E-state index contributed by atoms with van der Waals surface area (Å²) >= 11 is 0. The lowest BCUT2D eigenvalue weighted by atomic mass is 9.88. The molecule has 0 fully saturated rings. The Kier molecular flexibility index (Phi) is 3.15. The van der Waals surface area contributed by atoms with Crippen molar-refractivity contribution in [1.82, 2.24) is 0 Å². The van der Waals surface area contributed by atoms with E-state index in [1.807, 2.05) is 13.8 Å². The first-order valence-electron chi connectivity index (χ1n) is 3.47. The average molecular weight is 130 g/mol. The van der Waals surface area contributed by atoms with Crippen LogP contribution in [0.1, 0.15) is 27.2 Å². The summed E-state index contributed by atoms with van der Waals surface area (Å²) in [6.45, 7) is 6.94. The van der Waals surface area contributed by atoms with E-state index in [-0.39, 0.29) is 5.54 Å². The first-order chi connectivity index (χ1) is 3.98. The second-order valence-electron chi connectivity index (χ2n) is 3.30. The molecule has 2 heteroatoms. The summed E-state index contributed by atoms with van der Waals surface area (Å²) < 4.78 is 0. The fraction of sp³-hybridized carbons (Fsp3) is 1.00. The minimum absolute atomic E-state index is 0.0701. The monoisotopic (exact) mass is 130 g/mol. The van der Waals surface area contributed by atoms with Gasteiger partial charge in [-0.2, -0.15) is 0 Å². The molecule has 0 aromatic rings. The third-order valence-electron chi connectivity index (χ3n) is 1.87. The zero-order valence-corrected chi connectivity index (χ0v) is 6.65. The van der Waals surface area contributed by atoms with Crippen LogP contribution in [0.5, 0.6) is 0 Å². The Bertz CT molecular complexity index is 73.5. The second kappa shape index (κ2) is 3.18. The Morgan fingerprint density at radius 2 is 1.89 bits per heavy atom. The smallest absolute Gasteiger partial charge is 0.0123 e. The van der Waals surface area contributed by atoms with Crippen LogP contribution in [0.3, 0.4) is 0 Å². The Balaban J connectivity index is 3.59. The molecule has 0 saturated heterocycles. The van der Waals surface area contributed by atoms with E-state index in [4.69, 9.17) is 11.5 Å². The maximum atomic E-state index is 5.81. The van der Waals surface area contributed by atoms with Crippen LogP contribution >= 0.6 is 0 Å². The van der Waals surface area contributed by atoms with E-state index in [1.165, 1.54) is 0 Å². The summed E-state index contributed by atoms with van der Waals surface area (Å²) in [6, 6.07) is 0. The van der Waals surface area contributed by atoms with Gasteiger partial charge in [-0.05, 0) is 32.7 Å². The predicted molar refractivity (Wildman–Crippen MR) is 41.1 cm³/mol. The summed E-state index contributed by atoms with van der Waals surface area (Å²) in [7, 11) is 0. The Morgan fingerprint density at radius 3 is 2.00 bits per heavy atom. The van der Waals surface area contributed by atoms with Crippen molar-refractivity contribution in [2.75, 3.05) is 6.54 Å². The first kappa shape index (κ1) is 8.92. The zero-order chi connectivity index (χ0) is 7.49. The van der Waals surface area contributed by atoms with Crippen molar-refractivity contribution in [2.24, 2.45) is 17.4 Å². The van der Waals surface area contributed by atoms with Crippen molar-refractivity contribution in [3.63, 3.8) is 0 Å². The fourth-order valence-electron chi connectivity index (χ4n) is 0.622. The van der Waals surface area contributed by atoms with E-state index >= 15 is 0 Å². The zero-order valence-electron chi connectivity index (χ0n) is 6.65. The molecule has 0 spiro atoms. The predicted octanol–water partition coefficient (Wildman–Crippen LogP) is 0.709. The van der Waals surface area contributed by atoms with E-state index in [2.05, 4.69) is 6.92 Å². The van der Waals surface area contributed by atoms with Crippen molar-refractivity contribution in [1.29, 1.82) is 0 Å². The van der Waals surface area contributed by atoms with Crippen LogP contribution in [0.2, 0.25) is 0 Å². The molecule has 0 bridgehead atoms. The summed E-state index contributed by atoms with van der Waals surface area (Å²) in [5.74, 6) is 0.516. The molecule has 0 radical (unpaired) electrons. The molecule has 0 aromatic carbocycles. The van der Waals surface area contributed by atoms with Gasteiger partial charge in [0.1, 0.15) is 0 Å². The maximum Gasteiger partial charge on any atom is 0.0123 e. The molecule has 0 aromatic heterocycles. The van der Waals surface area contributed by atoms with Gasteiger partial charge in [0.2, 0.25) is 0 Å². The topological polar surface area (TPSA) is 52.0 Å². The molecule has 0 aliphatic carbocycles. The van der Waals surface area contributed by atoms with Gasteiger partial charge in [0.15, 0.2) is 0 Å². The van der Waals surface area contributed by atoms with Gasteiger partial charge in [-0.25, -0.2) is 0 Å². The Morgan fingerprint density at radius 1 is 1.44 bits per heavy atom. The number of hydrogen-bond donors (Lipinski definition) is 2. The number of hydrogen-bond acceptors (Lipinski definition) is 2. The highest BCUT2D eigenvalue weighted by Crippen LogP contribution is 2.14. The van der Waals surface area contributed by atoms with Gasteiger partial charge in [-0.1, -0.05) is 6.92 Å². The molecule has 0 aliphatic heterocycles. The lowest BCUT2D eigenvalue weighted by Crippen LogP contribution is -2.40. The molecule has 0 rings (SSSR count). The van der Waals surface area contributed by atoms with Crippen LogP contribution in [0, 0.1) is 5.92 Å². The summed E-state index contributed by atoms with van der Waals surface area (Å²) in [5, 5.41) is 0. The van der Waals surface area contributed by atoms with Crippen LogP contribution in [-0.2, 0) is 0 Å². The molecule has 0 saturated carbocycles. The minimum Gasteiger partial charge on any atom is -0.330 e. The normalized spacial score (nSPS) is 15.7. The van der Waals surface area contributed by atoms with Gasteiger partial charge in [0, 0.05) is 5.54 Å². The molecule has 2 nitrogen and oxygen atoms in total. The van der Waals surface area contributed by atoms with E-state index in [1.54, 1.807) is 0 Å². The molecule has 0 heterocycles. The minimum atomic E-state index is -0.0701.